The molecule has 0 aliphatic rings. The van der Waals surface area contributed by atoms with Crippen molar-refractivity contribution in [2.45, 2.75) is 52.9 Å². The Morgan fingerprint density at radius 2 is 1.62 bits per heavy atom. The Bertz CT molecular complexity index is 169. The van der Waals surface area contributed by atoms with Crippen LogP contribution in [0.1, 0.15) is 52.9 Å². The number of carbonyl (C=O) groups excluding carboxylic acids is 2. The van der Waals surface area contributed by atoms with E-state index in [0.717, 1.165) is 12.8 Å². The maximum absolute atomic E-state index is 11.3. The quantitative estimate of drug-likeness (QED) is 0.609. The van der Waals surface area contributed by atoms with Crippen molar-refractivity contribution in [3.63, 3.8) is 0 Å². The molecule has 0 rings (SSSR count). The summed E-state index contributed by atoms with van der Waals surface area (Å²) in [5, 5.41) is 0. The van der Waals surface area contributed by atoms with Gasteiger partial charge in [-0.1, -0.05) is 26.7 Å². The summed E-state index contributed by atoms with van der Waals surface area (Å²) < 4.78 is 0. The van der Waals surface area contributed by atoms with Crippen molar-refractivity contribution in [2.24, 2.45) is 5.92 Å². The zero-order chi connectivity index (χ0) is 10.3. The first-order valence-electron chi connectivity index (χ1n) is 5.11. The van der Waals surface area contributed by atoms with Crippen molar-refractivity contribution in [1.29, 1.82) is 0 Å². The zero-order valence-corrected chi connectivity index (χ0v) is 8.93. The van der Waals surface area contributed by atoms with E-state index in [0.29, 0.717) is 25.2 Å². The molecule has 0 heterocycles. The predicted molar refractivity (Wildman–Crippen MR) is 53.6 cm³/mol. The van der Waals surface area contributed by atoms with Gasteiger partial charge in [-0.2, -0.15) is 0 Å². The third kappa shape index (κ3) is 6.50. The van der Waals surface area contributed by atoms with Crippen LogP contribution in [-0.4, -0.2) is 11.6 Å². The van der Waals surface area contributed by atoms with E-state index in [1.54, 1.807) is 0 Å². The molecule has 0 aromatic carbocycles. The Labute approximate surface area is 80.7 Å². The molecule has 0 atom stereocenters. The van der Waals surface area contributed by atoms with Gasteiger partial charge in [-0.25, -0.2) is 0 Å². The topological polar surface area (TPSA) is 34.1 Å². The summed E-state index contributed by atoms with van der Waals surface area (Å²) in [6, 6.07) is 0. The van der Waals surface area contributed by atoms with E-state index < -0.39 is 0 Å². The van der Waals surface area contributed by atoms with Gasteiger partial charge >= 0.3 is 0 Å². The number of rotatable bonds is 7. The average Bonchev–Trinajstić information content (AvgIpc) is 2.10. The molecule has 2 heteroatoms. The summed E-state index contributed by atoms with van der Waals surface area (Å²) in [5.41, 5.74) is 0. The van der Waals surface area contributed by atoms with Crippen LogP contribution in [0.4, 0.5) is 0 Å². The second kappa shape index (κ2) is 6.81. The third-order valence-electron chi connectivity index (χ3n) is 2.43. The van der Waals surface area contributed by atoms with Crippen LogP contribution >= 0.6 is 0 Å². The lowest BCUT2D eigenvalue weighted by Gasteiger charge is -2.09. The van der Waals surface area contributed by atoms with E-state index in [1.807, 2.05) is 0 Å². The summed E-state index contributed by atoms with van der Waals surface area (Å²) in [5.74, 6) is 0.862. The molecule has 13 heavy (non-hydrogen) atoms. The van der Waals surface area contributed by atoms with Crippen molar-refractivity contribution < 1.29 is 9.59 Å². The molecule has 0 spiro atoms. The zero-order valence-electron chi connectivity index (χ0n) is 8.93. The Hall–Kier alpha value is -0.660. The summed E-state index contributed by atoms with van der Waals surface area (Å²) in [4.78, 5) is 21.9. The SMILES string of the molecule is CCC(CC)CC(=O)CCC(C)=O. The van der Waals surface area contributed by atoms with Crippen LogP contribution < -0.4 is 0 Å². The number of carbonyl (C=O) groups is 2. The highest BCUT2D eigenvalue weighted by Crippen LogP contribution is 2.14. The highest BCUT2D eigenvalue weighted by molar-refractivity contribution is 5.84. The van der Waals surface area contributed by atoms with Crippen molar-refractivity contribution >= 4 is 11.6 Å². The van der Waals surface area contributed by atoms with Crippen LogP contribution in [0.15, 0.2) is 0 Å². The van der Waals surface area contributed by atoms with Gasteiger partial charge in [0.15, 0.2) is 0 Å². The highest BCUT2D eigenvalue weighted by Gasteiger charge is 2.10. The second-order valence-corrected chi connectivity index (χ2v) is 3.63. The molecule has 0 aliphatic carbocycles. The molecule has 0 saturated carbocycles. The monoisotopic (exact) mass is 184 g/mol. The van der Waals surface area contributed by atoms with E-state index in [4.69, 9.17) is 0 Å². The molecule has 0 aromatic heterocycles. The smallest absolute Gasteiger partial charge is 0.133 e. The molecule has 2 nitrogen and oxygen atoms in total. The van der Waals surface area contributed by atoms with Crippen LogP contribution in [0.3, 0.4) is 0 Å². The first-order chi connectivity index (χ1) is 6.10. The maximum atomic E-state index is 11.3. The fraction of sp³-hybridized carbons (Fsp3) is 0.818. The van der Waals surface area contributed by atoms with Gasteiger partial charge in [-0.3, -0.25) is 4.79 Å². The number of Topliss-reactive ketones (excluding diaryl/α,β-unsaturated/α-hetero) is 2. The largest absolute Gasteiger partial charge is 0.300 e. The summed E-state index contributed by atoms with van der Waals surface area (Å²) in [7, 11) is 0. The minimum atomic E-state index is 0.109. The Morgan fingerprint density at radius 3 is 2.00 bits per heavy atom. The Morgan fingerprint density at radius 1 is 1.08 bits per heavy atom. The summed E-state index contributed by atoms with van der Waals surface area (Å²) >= 11 is 0. The van der Waals surface area contributed by atoms with Gasteiger partial charge in [0, 0.05) is 19.3 Å². The minimum Gasteiger partial charge on any atom is -0.300 e. The van der Waals surface area contributed by atoms with Gasteiger partial charge in [0.05, 0.1) is 0 Å². The molecular weight excluding hydrogens is 164 g/mol. The minimum absolute atomic E-state index is 0.109. The molecule has 0 fully saturated rings. The van der Waals surface area contributed by atoms with E-state index >= 15 is 0 Å². The lowest BCUT2D eigenvalue weighted by Crippen LogP contribution is -2.08. The molecule has 0 saturated heterocycles. The van der Waals surface area contributed by atoms with Crippen LogP contribution in [0.5, 0.6) is 0 Å². The highest BCUT2D eigenvalue weighted by atomic mass is 16.1. The van der Waals surface area contributed by atoms with Gasteiger partial charge in [0.25, 0.3) is 0 Å². The standard InChI is InChI=1S/C11H20O2/c1-4-10(5-2)8-11(13)7-6-9(3)12/h10H,4-8H2,1-3H3. The summed E-state index contributed by atoms with van der Waals surface area (Å²) in [6.45, 7) is 5.74. The first kappa shape index (κ1) is 12.3. The lowest BCUT2D eigenvalue weighted by molar-refractivity contribution is -0.123. The van der Waals surface area contributed by atoms with Gasteiger partial charge < -0.3 is 4.79 Å². The molecule has 0 amide bonds. The van der Waals surface area contributed by atoms with E-state index in [-0.39, 0.29) is 11.6 Å². The van der Waals surface area contributed by atoms with E-state index in [2.05, 4.69) is 13.8 Å². The van der Waals surface area contributed by atoms with Gasteiger partial charge in [0.2, 0.25) is 0 Å². The Kier molecular flexibility index (Phi) is 6.47. The molecule has 0 aromatic rings. The Balaban J connectivity index is 3.66. The normalized spacial score (nSPS) is 10.5. The second-order valence-electron chi connectivity index (χ2n) is 3.63. The summed E-state index contributed by atoms with van der Waals surface area (Å²) in [6.07, 6.45) is 3.62. The van der Waals surface area contributed by atoms with Gasteiger partial charge in [-0.05, 0) is 12.8 Å². The van der Waals surface area contributed by atoms with E-state index in [9.17, 15) is 9.59 Å². The predicted octanol–water partition coefficient (Wildman–Crippen LogP) is 2.75. The van der Waals surface area contributed by atoms with Gasteiger partial charge in [0.1, 0.15) is 11.6 Å². The molecule has 76 valence electrons. The molecule has 0 bridgehead atoms. The van der Waals surface area contributed by atoms with Crippen molar-refractivity contribution in [2.75, 3.05) is 0 Å². The van der Waals surface area contributed by atoms with Crippen LogP contribution in [0.2, 0.25) is 0 Å². The average molecular weight is 184 g/mol. The maximum Gasteiger partial charge on any atom is 0.133 e. The first-order valence-corrected chi connectivity index (χ1v) is 5.11. The molecule has 0 aliphatic heterocycles. The fourth-order valence-electron chi connectivity index (χ4n) is 1.32. The van der Waals surface area contributed by atoms with Crippen LogP contribution in [0.25, 0.3) is 0 Å². The number of ketones is 2. The van der Waals surface area contributed by atoms with E-state index in [1.165, 1.54) is 6.92 Å². The van der Waals surface area contributed by atoms with Crippen molar-refractivity contribution in [3.05, 3.63) is 0 Å². The fourth-order valence-corrected chi connectivity index (χ4v) is 1.32. The third-order valence-corrected chi connectivity index (χ3v) is 2.43. The lowest BCUT2D eigenvalue weighted by atomic mass is 9.95. The van der Waals surface area contributed by atoms with Crippen LogP contribution in [-0.2, 0) is 9.59 Å². The molecule has 0 radical (unpaired) electrons. The van der Waals surface area contributed by atoms with Crippen molar-refractivity contribution in [1.82, 2.24) is 0 Å². The van der Waals surface area contributed by atoms with Gasteiger partial charge in [-0.15, -0.1) is 0 Å². The van der Waals surface area contributed by atoms with Crippen molar-refractivity contribution in [3.8, 4) is 0 Å². The number of hydrogen-bond acceptors (Lipinski definition) is 2. The number of hydrogen-bond donors (Lipinski definition) is 0. The van der Waals surface area contributed by atoms with Crippen LogP contribution in [0, 0.1) is 5.92 Å². The molecule has 0 unspecified atom stereocenters. The molecule has 0 N–H and O–H groups in total. The molecular formula is C11H20O2.